The smallest absolute Gasteiger partial charge is 0.116 e. The van der Waals surface area contributed by atoms with Gasteiger partial charge in [0.25, 0.3) is 0 Å². The molecule has 0 aromatic carbocycles. The Labute approximate surface area is 94.3 Å². The lowest BCUT2D eigenvalue weighted by Gasteiger charge is -2.11. The summed E-state index contributed by atoms with van der Waals surface area (Å²) in [6.07, 6.45) is 5.90. The Hall–Kier alpha value is -0.610. The van der Waals surface area contributed by atoms with Crippen LogP contribution in [0.25, 0.3) is 0 Å². The Bertz CT molecular complexity index is 343. The first-order valence-corrected chi connectivity index (χ1v) is 6.29. The monoisotopic (exact) mass is 224 g/mol. The SMILES string of the molecule is CC(CCO)Sc1ncnc2c1CCC2. The Balaban J connectivity index is 2.11. The third-order valence-corrected chi connectivity index (χ3v) is 3.90. The van der Waals surface area contributed by atoms with E-state index in [1.54, 1.807) is 18.1 Å². The minimum Gasteiger partial charge on any atom is -0.396 e. The topological polar surface area (TPSA) is 46.0 Å². The first kappa shape index (κ1) is 10.9. The van der Waals surface area contributed by atoms with Crippen LogP contribution in [0.2, 0.25) is 0 Å². The molecule has 2 rings (SSSR count). The lowest BCUT2D eigenvalue weighted by Crippen LogP contribution is -2.02. The molecule has 0 saturated carbocycles. The fourth-order valence-electron chi connectivity index (χ4n) is 1.86. The van der Waals surface area contributed by atoms with E-state index in [-0.39, 0.29) is 6.61 Å². The summed E-state index contributed by atoms with van der Waals surface area (Å²) in [7, 11) is 0. The van der Waals surface area contributed by atoms with Crippen LogP contribution in [0.15, 0.2) is 11.4 Å². The van der Waals surface area contributed by atoms with Crippen LogP contribution in [0.1, 0.15) is 31.0 Å². The average molecular weight is 224 g/mol. The maximum atomic E-state index is 8.86. The largest absolute Gasteiger partial charge is 0.396 e. The maximum absolute atomic E-state index is 8.86. The van der Waals surface area contributed by atoms with Crippen LogP contribution < -0.4 is 0 Å². The second-order valence-electron chi connectivity index (χ2n) is 3.90. The zero-order chi connectivity index (χ0) is 10.7. The molecule has 0 fully saturated rings. The molecule has 1 aliphatic carbocycles. The van der Waals surface area contributed by atoms with E-state index in [9.17, 15) is 0 Å². The number of nitrogens with zero attached hydrogens (tertiary/aromatic N) is 2. The van der Waals surface area contributed by atoms with Gasteiger partial charge in [0, 0.05) is 23.1 Å². The molecule has 0 amide bonds. The van der Waals surface area contributed by atoms with Crippen LogP contribution in [0.5, 0.6) is 0 Å². The van der Waals surface area contributed by atoms with Gasteiger partial charge in [-0.25, -0.2) is 9.97 Å². The minimum atomic E-state index is 0.251. The normalized spacial score (nSPS) is 16.4. The van der Waals surface area contributed by atoms with Crippen molar-refractivity contribution in [2.75, 3.05) is 6.61 Å². The predicted octanol–water partition coefficient (Wildman–Crippen LogP) is 1.83. The zero-order valence-electron chi connectivity index (χ0n) is 8.94. The lowest BCUT2D eigenvalue weighted by atomic mass is 10.3. The van der Waals surface area contributed by atoms with Crippen LogP contribution in [-0.4, -0.2) is 26.9 Å². The van der Waals surface area contributed by atoms with E-state index >= 15 is 0 Å². The summed E-state index contributed by atoms with van der Waals surface area (Å²) >= 11 is 1.76. The van der Waals surface area contributed by atoms with Crippen molar-refractivity contribution in [2.24, 2.45) is 0 Å². The summed E-state index contributed by atoms with van der Waals surface area (Å²) in [5.41, 5.74) is 2.57. The number of fused-ring (bicyclic) bond motifs is 1. The number of rotatable bonds is 4. The minimum absolute atomic E-state index is 0.251. The highest BCUT2D eigenvalue weighted by Crippen LogP contribution is 2.31. The predicted molar refractivity (Wildman–Crippen MR) is 61.1 cm³/mol. The van der Waals surface area contributed by atoms with Crippen molar-refractivity contribution >= 4 is 11.8 Å². The van der Waals surface area contributed by atoms with E-state index in [1.165, 1.54) is 17.7 Å². The number of aryl methyl sites for hydroxylation is 1. The van der Waals surface area contributed by atoms with E-state index in [0.29, 0.717) is 5.25 Å². The highest BCUT2D eigenvalue weighted by molar-refractivity contribution is 7.99. The van der Waals surface area contributed by atoms with Crippen LogP contribution in [0, 0.1) is 0 Å². The summed E-state index contributed by atoms with van der Waals surface area (Å²) in [6.45, 7) is 2.38. The second kappa shape index (κ2) is 4.94. The number of aliphatic hydroxyl groups is 1. The molecule has 0 bridgehead atoms. The molecule has 82 valence electrons. The Morgan fingerprint density at radius 2 is 2.33 bits per heavy atom. The van der Waals surface area contributed by atoms with Gasteiger partial charge in [-0.1, -0.05) is 6.92 Å². The molecule has 4 heteroatoms. The van der Waals surface area contributed by atoms with Gasteiger partial charge in [-0.3, -0.25) is 0 Å². The first-order valence-electron chi connectivity index (χ1n) is 5.41. The third kappa shape index (κ3) is 2.49. The Kier molecular flexibility index (Phi) is 3.59. The van der Waals surface area contributed by atoms with Crippen molar-refractivity contribution in [2.45, 2.75) is 42.9 Å². The van der Waals surface area contributed by atoms with E-state index < -0.39 is 0 Å². The molecule has 1 heterocycles. The van der Waals surface area contributed by atoms with Gasteiger partial charge in [-0.2, -0.15) is 0 Å². The van der Waals surface area contributed by atoms with E-state index in [2.05, 4.69) is 16.9 Å². The molecule has 3 nitrogen and oxygen atoms in total. The molecule has 1 N–H and O–H groups in total. The molecule has 1 atom stereocenters. The summed E-state index contributed by atoms with van der Waals surface area (Å²) in [5, 5.41) is 10.4. The van der Waals surface area contributed by atoms with Gasteiger partial charge >= 0.3 is 0 Å². The molecule has 0 radical (unpaired) electrons. The van der Waals surface area contributed by atoms with Crippen LogP contribution >= 0.6 is 11.8 Å². The number of aliphatic hydroxyl groups excluding tert-OH is 1. The van der Waals surface area contributed by atoms with Crippen molar-refractivity contribution in [3.63, 3.8) is 0 Å². The molecule has 0 spiro atoms. The van der Waals surface area contributed by atoms with E-state index in [4.69, 9.17) is 5.11 Å². The van der Waals surface area contributed by atoms with Crippen LogP contribution in [0.4, 0.5) is 0 Å². The molecule has 15 heavy (non-hydrogen) atoms. The maximum Gasteiger partial charge on any atom is 0.116 e. The van der Waals surface area contributed by atoms with Crippen LogP contribution in [-0.2, 0) is 12.8 Å². The molecule has 0 aliphatic heterocycles. The molecule has 1 unspecified atom stereocenters. The summed E-state index contributed by atoms with van der Waals surface area (Å²) in [6, 6.07) is 0. The van der Waals surface area contributed by atoms with Crippen molar-refractivity contribution in [3.8, 4) is 0 Å². The van der Waals surface area contributed by atoms with Gasteiger partial charge in [-0.15, -0.1) is 11.8 Å². The van der Waals surface area contributed by atoms with Crippen molar-refractivity contribution in [3.05, 3.63) is 17.6 Å². The number of hydrogen-bond donors (Lipinski definition) is 1. The molecular weight excluding hydrogens is 208 g/mol. The quantitative estimate of drug-likeness (QED) is 0.626. The van der Waals surface area contributed by atoms with Gasteiger partial charge in [-0.05, 0) is 25.7 Å². The number of aromatic nitrogens is 2. The van der Waals surface area contributed by atoms with Gasteiger partial charge in [0.05, 0.1) is 0 Å². The van der Waals surface area contributed by atoms with Gasteiger partial charge in [0.2, 0.25) is 0 Å². The summed E-state index contributed by atoms with van der Waals surface area (Å²) < 4.78 is 0. The summed E-state index contributed by atoms with van der Waals surface area (Å²) in [4.78, 5) is 8.64. The average Bonchev–Trinajstić information content (AvgIpc) is 2.67. The Morgan fingerprint density at radius 1 is 1.47 bits per heavy atom. The lowest BCUT2D eigenvalue weighted by molar-refractivity contribution is 0.289. The first-order chi connectivity index (χ1) is 7.31. The highest BCUT2D eigenvalue weighted by Gasteiger charge is 2.18. The van der Waals surface area contributed by atoms with Gasteiger partial charge < -0.3 is 5.11 Å². The van der Waals surface area contributed by atoms with Crippen molar-refractivity contribution in [1.82, 2.24) is 9.97 Å². The number of hydrogen-bond acceptors (Lipinski definition) is 4. The fraction of sp³-hybridized carbons (Fsp3) is 0.636. The molecule has 0 saturated heterocycles. The van der Waals surface area contributed by atoms with Gasteiger partial charge in [0.15, 0.2) is 0 Å². The summed E-state index contributed by atoms with van der Waals surface area (Å²) in [5.74, 6) is 0. The molecular formula is C11H16N2OS. The van der Waals surface area contributed by atoms with Gasteiger partial charge in [0.1, 0.15) is 11.4 Å². The third-order valence-electron chi connectivity index (χ3n) is 2.68. The molecule has 1 aromatic rings. The fourth-order valence-corrected chi connectivity index (χ4v) is 2.94. The Morgan fingerprint density at radius 3 is 3.13 bits per heavy atom. The van der Waals surface area contributed by atoms with E-state index in [0.717, 1.165) is 24.3 Å². The van der Waals surface area contributed by atoms with Crippen molar-refractivity contribution in [1.29, 1.82) is 0 Å². The molecule has 1 aromatic heterocycles. The van der Waals surface area contributed by atoms with Crippen LogP contribution in [0.3, 0.4) is 0 Å². The van der Waals surface area contributed by atoms with E-state index in [1.807, 2.05) is 0 Å². The van der Waals surface area contributed by atoms with Crippen molar-refractivity contribution < 1.29 is 5.11 Å². The molecule has 1 aliphatic rings. The second-order valence-corrected chi connectivity index (χ2v) is 5.33. The zero-order valence-corrected chi connectivity index (χ0v) is 9.76. The number of thioether (sulfide) groups is 1. The highest BCUT2D eigenvalue weighted by atomic mass is 32.2. The standard InChI is InChI=1S/C11H16N2OS/c1-8(5-6-14)15-11-9-3-2-4-10(9)12-7-13-11/h7-8,14H,2-6H2,1H3.